The molecule has 21 heavy (non-hydrogen) atoms. The Labute approximate surface area is 121 Å². The van der Waals surface area contributed by atoms with E-state index >= 15 is 0 Å². The molecule has 2 N–H and O–H groups in total. The minimum atomic E-state index is -0.538. The molecule has 0 radical (unpaired) electrons. The summed E-state index contributed by atoms with van der Waals surface area (Å²) in [5.74, 6) is 0.145. The summed E-state index contributed by atoms with van der Waals surface area (Å²) in [6.45, 7) is 3.14. The summed E-state index contributed by atoms with van der Waals surface area (Å²) in [7, 11) is 1.70. The maximum Gasteiger partial charge on any atom is 0.353 e. The number of hydrogen-bond acceptors (Lipinski definition) is 7. The number of likely N-dealkylation sites (tertiary alicyclic amines) is 1. The van der Waals surface area contributed by atoms with Crippen LogP contribution in [0.1, 0.15) is 19.8 Å². The predicted octanol–water partition coefficient (Wildman–Crippen LogP) is 0.849. The van der Waals surface area contributed by atoms with Crippen LogP contribution in [-0.2, 0) is 4.79 Å². The summed E-state index contributed by atoms with van der Waals surface area (Å²) in [4.78, 5) is 32.0. The lowest BCUT2D eigenvalue weighted by Gasteiger charge is -2.13. The molecular weight excluding hydrogens is 276 g/mol. The van der Waals surface area contributed by atoms with E-state index < -0.39 is 11.0 Å². The normalized spacial score (nSPS) is 17.9. The van der Waals surface area contributed by atoms with Gasteiger partial charge in [0.1, 0.15) is 12.4 Å². The zero-order chi connectivity index (χ0) is 15.4. The second-order valence-electron chi connectivity index (χ2n) is 4.85. The number of nitrogens with zero attached hydrogens (tertiary/aromatic N) is 4. The average Bonchev–Trinajstić information content (AvgIpc) is 2.77. The molecule has 1 aromatic heterocycles. The molecule has 0 aromatic carbocycles. The largest absolute Gasteiger partial charge is 0.364 e. The fraction of sp³-hybridized carbons (Fsp3) is 0.583. The van der Waals surface area contributed by atoms with Gasteiger partial charge in [0.25, 0.3) is 0 Å². The van der Waals surface area contributed by atoms with Crippen molar-refractivity contribution in [2.45, 2.75) is 25.8 Å². The number of rotatable bonds is 6. The van der Waals surface area contributed by atoms with Crippen molar-refractivity contribution < 1.29 is 9.72 Å². The molecule has 0 saturated carbocycles. The summed E-state index contributed by atoms with van der Waals surface area (Å²) in [6.07, 6.45) is 2.65. The molecule has 2 heterocycles. The second kappa shape index (κ2) is 6.33. The number of anilines is 2. The van der Waals surface area contributed by atoms with E-state index in [-0.39, 0.29) is 23.2 Å². The third-order valence-electron chi connectivity index (χ3n) is 3.29. The Balaban J connectivity index is 2.26. The molecule has 0 aliphatic carbocycles. The van der Waals surface area contributed by atoms with Crippen molar-refractivity contribution in [1.29, 1.82) is 0 Å². The van der Waals surface area contributed by atoms with Gasteiger partial charge >= 0.3 is 5.69 Å². The third-order valence-corrected chi connectivity index (χ3v) is 3.29. The van der Waals surface area contributed by atoms with Gasteiger partial charge in [-0.2, -0.15) is 0 Å². The molecule has 2 rings (SSSR count). The molecule has 9 nitrogen and oxygen atoms in total. The molecule has 9 heteroatoms. The fourth-order valence-corrected chi connectivity index (χ4v) is 2.15. The van der Waals surface area contributed by atoms with E-state index in [0.717, 1.165) is 6.42 Å². The third kappa shape index (κ3) is 3.18. The Morgan fingerprint density at radius 3 is 2.76 bits per heavy atom. The van der Waals surface area contributed by atoms with Crippen LogP contribution in [0.25, 0.3) is 0 Å². The number of carbonyl (C=O) groups excluding carboxylic acids is 1. The first-order valence-electron chi connectivity index (χ1n) is 6.79. The monoisotopic (exact) mass is 294 g/mol. The van der Waals surface area contributed by atoms with Crippen molar-refractivity contribution in [2.75, 3.05) is 30.8 Å². The van der Waals surface area contributed by atoms with E-state index in [2.05, 4.69) is 20.6 Å². The van der Waals surface area contributed by atoms with Gasteiger partial charge in [0.15, 0.2) is 0 Å². The zero-order valence-electron chi connectivity index (χ0n) is 12.0. The van der Waals surface area contributed by atoms with Crippen molar-refractivity contribution >= 4 is 23.2 Å². The lowest BCUT2D eigenvalue weighted by Crippen LogP contribution is -2.31. The van der Waals surface area contributed by atoms with Crippen LogP contribution in [0.5, 0.6) is 0 Å². The number of hydrogen-bond donors (Lipinski definition) is 2. The summed E-state index contributed by atoms with van der Waals surface area (Å²) >= 11 is 0. The minimum Gasteiger partial charge on any atom is -0.364 e. The molecule has 0 spiro atoms. The summed E-state index contributed by atoms with van der Waals surface area (Å²) in [5.41, 5.74) is -0.228. The molecule has 1 aliphatic heterocycles. The molecular formula is C12H18N6O3. The van der Waals surface area contributed by atoms with Crippen LogP contribution in [0.3, 0.4) is 0 Å². The highest BCUT2D eigenvalue weighted by Gasteiger charge is 2.32. The number of likely N-dealkylation sites (N-methyl/N-ethyl adjacent to an activating group) is 1. The molecule has 1 atom stereocenters. The SMILES string of the molecule is CCCNc1ncnc(NC2CCN(C)C2=O)c1[N+](=O)[O-]. The Hall–Kier alpha value is -2.45. The van der Waals surface area contributed by atoms with Gasteiger partial charge in [-0.15, -0.1) is 0 Å². The zero-order valence-corrected chi connectivity index (χ0v) is 12.0. The van der Waals surface area contributed by atoms with Gasteiger partial charge < -0.3 is 15.5 Å². The van der Waals surface area contributed by atoms with Crippen LogP contribution in [0.4, 0.5) is 17.3 Å². The van der Waals surface area contributed by atoms with Crippen molar-refractivity contribution in [1.82, 2.24) is 14.9 Å². The van der Waals surface area contributed by atoms with Gasteiger partial charge in [-0.05, 0) is 12.8 Å². The Morgan fingerprint density at radius 2 is 2.19 bits per heavy atom. The molecule has 1 saturated heterocycles. The Bertz CT molecular complexity index is 550. The van der Waals surface area contributed by atoms with Crippen molar-refractivity contribution in [3.63, 3.8) is 0 Å². The van der Waals surface area contributed by atoms with E-state index in [1.807, 2.05) is 6.92 Å². The number of nitro groups is 1. The maximum absolute atomic E-state index is 11.9. The van der Waals surface area contributed by atoms with E-state index in [9.17, 15) is 14.9 Å². The van der Waals surface area contributed by atoms with E-state index in [4.69, 9.17) is 0 Å². The predicted molar refractivity (Wildman–Crippen MR) is 77.1 cm³/mol. The first-order valence-corrected chi connectivity index (χ1v) is 6.79. The molecule has 1 fully saturated rings. The average molecular weight is 294 g/mol. The number of carbonyl (C=O) groups is 1. The van der Waals surface area contributed by atoms with Crippen LogP contribution in [0, 0.1) is 10.1 Å². The van der Waals surface area contributed by atoms with Gasteiger partial charge in [0.05, 0.1) is 4.92 Å². The van der Waals surface area contributed by atoms with Gasteiger partial charge in [0, 0.05) is 20.1 Å². The standard InChI is InChI=1S/C12H18N6O3/c1-3-5-13-10-9(18(20)21)11(15-7-14-10)16-8-4-6-17(2)12(8)19/h7-8H,3-6H2,1-2H3,(H2,13,14,15,16). The van der Waals surface area contributed by atoms with Crippen LogP contribution < -0.4 is 10.6 Å². The summed E-state index contributed by atoms with van der Waals surface area (Å²) in [6, 6.07) is -0.484. The van der Waals surface area contributed by atoms with E-state index in [1.54, 1.807) is 11.9 Å². The lowest BCUT2D eigenvalue weighted by atomic mass is 10.2. The van der Waals surface area contributed by atoms with Crippen molar-refractivity contribution in [3.8, 4) is 0 Å². The fourth-order valence-electron chi connectivity index (χ4n) is 2.15. The Morgan fingerprint density at radius 1 is 1.48 bits per heavy atom. The molecule has 1 aliphatic rings. The van der Waals surface area contributed by atoms with Gasteiger partial charge in [-0.3, -0.25) is 14.9 Å². The number of aromatic nitrogens is 2. The van der Waals surface area contributed by atoms with Crippen LogP contribution >= 0.6 is 0 Å². The van der Waals surface area contributed by atoms with Crippen LogP contribution in [0.2, 0.25) is 0 Å². The maximum atomic E-state index is 11.9. The van der Waals surface area contributed by atoms with Gasteiger partial charge in [-0.1, -0.05) is 6.92 Å². The first-order chi connectivity index (χ1) is 10.0. The topological polar surface area (TPSA) is 113 Å². The van der Waals surface area contributed by atoms with Gasteiger partial charge in [-0.25, -0.2) is 9.97 Å². The first kappa shape index (κ1) is 14.9. The van der Waals surface area contributed by atoms with Crippen LogP contribution in [0.15, 0.2) is 6.33 Å². The van der Waals surface area contributed by atoms with E-state index in [1.165, 1.54) is 6.33 Å². The van der Waals surface area contributed by atoms with Gasteiger partial charge in [0.2, 0.25) is 17.5 Å². The summed E-state index contributed by atoms with van der Waals surface area (Å²) in [5, 5.41) is 17.0. The Kier molecular flexibility index (Phi) is 4.51. The molecule has 114 valence electrons. The molecule has 1 aromatic rings. The highest BCUT2D eigenvalue weighted by atomic mass is 16.6. The lowest BCUT2D eigenvalue weighted by molar-refractivity contribution is -0.383. The van der Waals surface area contributed by atoms with E-state index in [0.29, 0.717) is 19.5 Å². The highest BCUT2D eigenvalue weighted by molar-refractivity contribution is 5.87. The smallest absolute Gasteiger partial charge is 0.353 e. The number of amides is 1. The van der Waals surface area contributed by atoms with Crippen molar-refractivity contribution in [3.05, 3.63) is 16.4 Å². The molecule has 1 unspecified atom stereocenters. The molecule has 1 amide bonds. The second-order valence-corrected chi connectivity index (χ2v) is 4.85. The van der Waals surface area contributed by atoms with Crippen molar-refractivity contribution in [2.24, 2.45) is 0 Å². The minimum absolute atomic E-state index is 0.0715. The molecule has 0 bridgehead atoms. The quantitative estimate of drug-likeness (QED) is 0.590. The highest BCUT2D eigenvalue weighted by Crippen LogP contribution is 2.30. The number of nitrogens with one attached hydrogen (secondary N) is 2. The summed E-state index contributed by atoms with van der Waals surface area (Å²) < 4.78 is 0. The van der Waals surface area contributed by atoms with Crippen LogP contribution in [-0.4, -0.2) is 51.9 Å².